The molecule has 0 aromatic heterocycles. The summed E-state index contributed by atoms with van der Waals surface area (Å²) in [5.74, 6) is 0. The zero-order valence-electron chi connectivity index (χ0n) is 11.2. The second-order valence-electron chi connectivity index (χ2n) is 3.21. The van der Waals surface area contributed by atoms with Gasteiger partial charge in [0.1, 0.15) is 0 Å². The highest BCUT2D eigenvalue weighted by molar-refractivity contribution is 5.64. The molecule has 0 saturated heterocycles. The first-order valence-electron chi connectivity index (χ1n) is 5.94. The molecule has 0 aliphatic rings. The molecule has 17 heavy (non-hydrogen) atoms. The molecular formula is C17H22. The van der Waals surface area contributed by atoms with Gasteiger partial charge in [-0.05, 0) is 40.6 Å². The third kappa shape index (κ3) is 3.92. The van der Waals surface area contributed by atoms with Crippen molar-refractivity contribution in [2.75, 3.05) is 0 Å². The molecule has 0 amide bonds. The second kappa shape index (κ2) is 8.35. The fraction of sp³-hybridized carbons (Fsp3) is 0.176. The molecule has 0 fully saturated rings. The van der Waals surface area contributed by atoms with Crippen LogP contribution in [0.15, 0.2) is 37.9 Å². The molecule has 0 aliphatic carbocycles. The summed E-state index contributed by atoms with van der Waals surface area (Å²) < 4.78 is 0. The first-order valence-corrected chi connectivity index (χ1v) is 5.94. The third-order valence-electron chi connectivity index (χ3n) is 2.34. The molecule has 90 valence electrons. The Kier molecular flexibility index (Phi) is 7.45. The summed E-state index contributed by atoms with van der Waals surface area (Å²) >= 11 is 0. The highest BCUT2D eigenvalue weighted by Gasteiger charge is 1.95. The van der Waals surface area contributed by atoms with Crippen LogP contribution in [-0.2, 0) is 0 Å². The van der Waals surface area contributed by atoms with Crippen LogP contribution in [0, 0.1) is 0 Å². The van der Waals surface area contributed by atoms with Crippen molar-refractivity contribution in [3.8, 4) is 0 Å². The average molecular weight is 226 g/mol. The first kappa shape index (κ1) is 15.2. The van der Waals surface area contributed by atoms with Gasteiger partial charge >= 0.3 is 0 Å². The zero-order valence-corrected chi connectivity index (χ0v) is 11.2. The van der Waals surface area contributed by atoms with Crippen molar-refractivity contribution in [2.45, 2.75) is 20.8 Å². The summed E-state index contributed by atoms with van der Waals surface area (Å²) in [6.45, 7) is 17.3. The summed E-state index contributed by atoms with van der Waals surface area (Å²) in [6, 6.07) is 4.21. The SMILES string of the molecule is C=C/C=c1/cc(C=C)c(C=C)c/c1=C/C.CC. The van der Waals surface area contributed by atoms with E-state index in [1.165, 1.54) is 5.22 Å². The van der Waals surface area contributed by atoms with Gasteiger partial charge < -0.3 is 0 Å². The lowest BCUT2D eigenvalue weighted by Gasteiger charge is -2.01. The largest absolute Gasteiger partial charge is 0.0990 e. The van der Waals surface area contributed by atoms with Gasteiger partial charge in [0.05, 0.1) is 0 Å². The predicted octanol–water partition coefficient (Wildman–Crippen LogP) is 3.77. The smallest absolute Gasteiger partial charge is 0.0181 e. The van der Waals surface area contributed by atoms with Crippen LogP contribution in [0.4, 0.5) is 0 Å². The summed E-state index contributed by atoms with van der Waals surface area (Å²) in [5, 5.41) is 2.35. The molecule has 0 nitrogen and oxygen atoms in total. The van der Waals surface area contributed by atoms with Crippen LogP contribution in [0.1, 0.15) is 31.9 Å². The minimum absolute atomic E-state index is 1.10. The summed E-state index contributed by atoms with van der Waals surface area (Å²) in [6.07, 6.45) is 9.56. The Bertz CT molecular complexity index is 502. The van der Waals surface area contributed by atoms with E-state index in [1.54, 1.807) is 6.08 Å². The van der Waals surface area contributed by atoms with Gasteiger partial charge in [-0.15, -0.1) is 0 Å². The Morgan fingerprint density at radius 3 is 1.71 bits per heavy atom. The van der Waals surface area contributed by atoms with E-state index in [1.807, 2.05) is 39.0 Å². The molecular weight excluding hydrogens is 204 g/mol. The van der Waals surface area contributed by atoms with Gasteiger partial charge in [-0.25, -0.2) is 0 Å². The van der Waals surface area contributed by atoms with E-state index in [0.717, 1.165) is 16.3 Å². The molecule has 0 heteroatoms. The lowest BCUT2D eigenvalue weighted by atomic mass is 10.0. The quantitative estimate of drug-likeness (QED) is 0.736. The fourth-order valence-corrected chi connectivity index (χ4v) is 1.54. The zero-order chi connectivity index (χ0) is 13.3. The molecule has 1 aromatic carbocycles. The number of hydrogen-bond acceptors (Lipinski definition) is 0. The van der Waals surface area contributed by atoms with Gasteiger partial charge in [0.2, 0.25) is 0 Å². The molecule has 0 spiro atoms. The minimum atomic E-state index is 1.10. The molecule has 0 atom stereocenters. The summed E-state index contributed by atoms with van der Waals surface area (Å²) in [4.78, 5) is 0. The van der Waals surface area contributed by atoms with Crippen LogP contribution in [0.2, 0.25) is 0 Å². The molecule has 0 bridgehead atoms. The highest BCUT2D eigenvalue weighted by Crippen LogP contribution is 2.06. The molecule has 0 radical (unpaired) electrons. The van der Waals surface area contributed by atoms with Crippen molar-refractivity contribution in [3.05, 3.63) is 59.5 Å². The number of rotatable bonds is 3. The van der Waals surface area contributed by atoms with Crippen molar-refractivity contribution in [1.29, 1.82) is 0 Å². The van der Waals surface area contributed by atoms with E-state index in [2.05, 4.69) is 37.9 Å². The predicted molar refractivity (Wildman–Crippen MR) is 82.0 cm³/mol. The fourth-order valence-electron chi connectivity index (χ4n) is 1.54. The topological polar surface area (TPSA) is 0 Å². The van der Waals surface area contributed by atoms with Gasteiger partial charge in [0.15, 0.2) is 0 Å². The normalized spacial score (nSPS) is 11.5. The summed E-state index contributed by atoms with van der Waals surface area (Å²) in [5.41, 5.74) is 2.21. The van der Waals surface area contributed by atoms with Gasteiger partial charge in [0.25, 0.3) is 0 Å². The Hall–Kier alpha value is -1.82. The molecule has 0 unspecified atom stereocenters. The van der Waals surface area contributed by atoms with Crippen LogP contribution in [0.5, 0.6) is 0 Å². The van der Waals surface area contributed by atoms with Crippen molar-refractivity contribution in [3.63, 3.8) is 0 Å². The standard InChI is InChI=1S/C15H16.C2H6/c1-5-9-15-11-13(7-3)12(6-2)10-14(15)8-4;1-2/h5-11H,1-3H2,4H3;1-2H3/b14-8-,15-9-;. The molecule has 1 aromatic rings. The Labute approximate surface area is 105 Å². The Morgan fingerprint density at radius 1 is 0.882 bits per heavy atom. The number of benzene rings is 1. The lowest BCUT2D eigenvalue weighted by Crippen LogP contribution is -2.24. The van der Waals surface area contributed by atoms with E-state index < -0.39 is 0 Å². The van der Waals surface area contributed by atoms with Crippen LogP contribution >= 0.6 is 0 Å². The molecule has 0 heterocycles. The maximum Gasteiger partial charge on any atom is -0.0181 e. The maximum absolute atomic E-state index is 3.80. The van der Waals surface area contributed by atoms with Crippen LogP contribution < -0.4 is 10.4 Å². The molecule has 0 saturated carbocycles. The van der Waals surface area contributed by atoms with Crippen molar-refractivity contribution >= 4 is 24.3 Å². The van der Waals surface area contributed by atoms with Crippen molar-refractivity contribution in [1.82, 2.24) is 0 Å². The van der Waals surface area contributed by atoms with E-state index in [9.17, 15) is 0 Å². The van der Waals surface area contributed by atoms with Crippen molar-refractivity contribution in [2.24, 2.45) is 0 Å². The number of allylic oxidation sites excluding steroid dienone is 1. The second-order valence-corrected chi connectivity index (χ2v) is 3.21. The first-order chi connectivity index (χ1) is 8.26. The third-order valence-corrected chi connectivity index (χ3v) is 2.34. The van der Waals surface area contributed by atoms with E-state index in [-0.39, 0.29) is 0 Å². The number of hydrogen-bond donors (Lipinski definition) is 0. The van der Waals surface area contributed by atoms with Gasteiger partial charge in [-0.3, -0.25) is 0 Å². The van der Waals surface area contributed by atoms with Gasteiger partial charge in [-0.1, -0.05) is 64.0 Å². The van der Waals surface area contributed by atoms with Gasteiger partial charge in [-0.2, -0.15) is 0 Å². The average Bonchev–Trinajstić information content (AvgIpc) is 2.40. The van der Waals surface area contributed by atoms with Gasteiger partial charge in [0, 0.05) is 0 Å². The van der Waals surface area contributed by atoms with Crippen molar-refractivity contribution < 1.29 is 0 Å². The molecule has 1 rings (SSSR count). The molecule has 0 N–H and O–H groups in total. The highest BCUT2D eigenvalue weighted by atomic mass is 14.0. The minimum Gasteiger partial charge on any atom is -0.0990 e. The Balaban J connectivity index is 0.00000121. The summed E-state index contributed by atoms with van der Waals surface area (Å²) in [7, 11) is 0. The Morgan fingerprint density at radius 2 is 1.35 bits per heavy atom. The molecule has 0 aliphatic heterocycles. The van der Waals surface area contributed by atoms with Crippen LogP contribution in [0.25, 0.3) is 24.3 Å². The van der Waals surface area contributed by atoms with E-state index in [0.29, 0.717) is 0 Å². The monoisotopic (exact) mass is 226 g/mol. The maximum atomic E-state index is 3.80. The van der Waals surface area contributed by atoms with Crippen LogP contribution in [0.3, 0.4) is 0 Å². The van der Waals surface area contributed by atoms with Crippen LogP contribution in [-0.4, -0.2) is 0 Å². The van der Waals surface area contributed by atoms with E-state index >= 15 is 0 Å². The van der Waals surface area contributed by atoms with E-state index in [4.69, 9.17) is 0 Å². The lowest BCUT2D eigenvalue weighted by molar-refractivity contribution is 1.47.